The van der Waals surface area contributed by atoms with Gasteiger partial charge in [0.25, 0.3) is 0 Å². The van der Waals surface area contributed by atoms with Crippen molar-refractivity contribution >= 4 is 33.3 Å². The van der Waals surface area contributed by atoms with Crippen LogP contribution in [-0.4, -0.2) is 18.1 Å². The number of piperidine rings is 1. The van der Waals surface area contributed by atoms with Crippen molar-refractivity contribution in [3.8, 4) is 17.2 Å². The number of rotatable bonds is 2. The van der Waals surface area contributed by atoms with Gasteiger partial charge in [0.15, 0.2) is 0 Å². The molecule has 2 N–H and O–H groups in total. The third-order valence-corrected chi connectivity index (χ3v) is 4.75. The van der Waals surface area contributed by atoms with Crippen molar-refractivity contribution in [3.05, 3.63) is 45.5 Å². The van der Waals surface area contributed by atoms with Crippen molar-refractivity contribution in [1.29, 1.82) is 5.26 Å². The zero-order valence-electron chi connectivity index (χ0n) is 13.4. The van der Waals surface area contributed by atoms with Crippen LogP contribution in [-0.2, 0) is 0 Å². The highest BCUT2D eigenvalue weighted by molar-refractivity contribution is 9.10. The number of anilines is 2. The molecule has 0 unspecified atom stereocenters. The van der Waals surface area contributed by atoms with Crippen LogP contribution in [0.4, 0.5) is 21.7 Å². The lowest BCUT2D eigenvalue weighted by Gasteiger charge is -2.29. The van der Waals surface area contributed by atoms with Gasteiger partial charge in [-0.05, 0) is 37.5 Å². The van der Waals surface area contributed by atoms with Gasteiger partial charge in [-0.25, -0.2) is 14.2 Å². The molecule has 126 valence electrons. The molecule has 0 aliphatic carbocycles. The minimum absolute atomic E-state index is 0.00862. The van der Waals surface area contributed by atoms with Gasteiger partial charge >= 0.3 is 0 Å². The maximum Gasteiger partial charge on any atom is 0.237 e. The summed E-state index contributed by atoms with van der Waals surface area (Å²) < 4.78 is 15.1. The maximum atomic E-state index is 14.5. The summed E-state index contributed by atoms with van der Waals surface area (Å²) in [5.74, 6) is -0.0646. The first-order chi connectivity index (χ1) is 12.1. The van der Waals surface area contributed by atoms with Gasteiger partial charge in [0.1, 0.15) is 23.5 Å². The molecule has 1 aromatic carbocycles. The molecule has 1 fully saturated rings. The quantitative estimate of drug-likeness (QED) is 0.746. The van der Waals surface area contributed by atoms with Crippen LogP contribution in [0, 0.1) is 23.7 Å². The van der Waals surface area contributed by atoms with Gasteiger partial charge in [0.2, 0.25) is 5.69 Å². The highest BCUT2D eigenvalue weighted by atomic mass is 79.9. The van der Waals surface area contributed by atoms with Crippen LogP contribution in [0.2, 0.25) is 0 Å². The zero-order chi connectivity index (χ0) is 18.0. The van der Waals surface area contributed by atoms with Gasteiger partial charge < -0.3 is 10.6 Å². The first-order valence-corrected chi connectivity index (χ1v) is 8.67. The van der Waals surface area contributed by atoms with E-state index in [0.717, 1.165) is 32.4 Å². The Kier molecular flexibility index (Phi) is 4.87. The summed E-state index contributed by atoms with van der Waals surface area (Å²) in [5, 5.41) is 9.77. The van der Waals surface area contributed by atoms with E-state index in [0.29, 0.717) is 10.3 Å². The normalized spacial score (nSPS) is 14.0. The predicted octanol–water partition coefficient (Wildman–Crippen LogP) is 4.65. The number of hydrogen-bond acceptors (Lipinski definition) is 4. The van der Waals surface area contributed by atoms with E-state index >= 15 is 0 Å². The third-order valence-electron chi connectivity index (χ3n) is 4.26. The van der Waals surface area contributed by atoms with Crippen LogP contribution in [0.5, 0.6) is 0 Å². The Hall–Kier alpha value is -2.64. The number of nitriles is 1. The molecule has 2 heterocycles. The number of nitrogen functional groups attached to an aromatic ring is 1. The molecule has 5 nitrogen and oxygen atoms in total. The number of aromatic nitrogens is 1. The highest BCUT2D eigenvalue weighted by Crippen LogP contribution is 2.43. The van der Waals surface area contributed by atoms with Gasteiger partial charge in [-0.1, -0.05) is 15.9 Å². The number of benzene rings is 1. The van der Waals surface area contributed by atoms with E-state index < -0.39 is 5.82 Å². The fourth-order valence-electron chi connectivity index (χ4n) is 3.09. The summed E-state index contributed by atoms with van der Waals surface area (Å²) in [7, 11) is 0. The Bertz CT molecular complexity index is 907. The van der Waals surface area contributed by atoms with Crippen molar-refractivity contribution in [2.75, 3.05) is 23.7 Å². The molecule has 0 spiro atoms. The molecule has 1 saturated heterocycles. The van der Waals surface area contributed by atoms with Crippen LogP contribution < -0.4 is 10.6 Å². The summed E-state index contributed by atoms with van der Waals surface area (Å²) in [4.78, 5) is 9.72. The van der Waals surface area contributed by atoms with E-state index in [9.17, 15) is 9.65 Å². The zero-order valence-corrected chi connectivity index (χ0v) is 15.0. The van der Waals surface area contributed by atoms with Crippen molar-refractivity contribution in [1.82, 2.24) is 4.98 Å². The second-order valence-electron chi connectivity index (χ2n) is 5.81. The molecule has 0 radical (unpaired) electrons. The first-order valence-electron chi connectivity index (χ1n) is 7.88. The number of nitrogens with zero attached hydrogens (tertiary/aromatic N) is 4. The van der Waals surface area contributed by atoms with E-state index in [4.69, 9.17) is 12.3 Å². The summed E-state index contributed by atoms with van der Waals surface area (Å²) >= 11 is 3.32. The molecule has 1 aliphatic heterocycles. The average Bonchev–Trinajstić information content (AvgIpc) is 2.63. The van der Waals surface area contributed by atoms with Gasteiger partial charge in [0, 0.05) is 28.7 Å². The van der Waals surface area contributed by atoms with Crippen LogP contribution in [0.3, 0.4) is 0 Å². The molecule has 1 aromatic heterocycles. The number of hydrogen-bond donors (Lipinski definition) is 1. The van der Waals surface area contributed by atoms with Crippen LogP contribution in [0.1, 0.15) is 24.8 Å². The summed E-state index contributed by atoms with van der Waals surface area (Å²) in [5.41, 5.74) is 6.58. The minimum Gasteiger partial charge on any atom is -0.392 e. The molecule has 7 heteroatoms. The van der Waals surface area contributed by atoms with Gasteiger partial charge in [-0.15, -0.1) is 0 Å². The third kappa shape index (κ3) is 3.16. The largest absolute Gasteiger partial charge is 0.392 e. The average molecular weight is 400 g/mol. The SMILES string of the molecule is [C-]#[N+]c1c(N)nc(N2CCCCC2)c(C#N)c1-c1cc(Br)ccc1F. The Morgan fingerprint density at radius 1 is 1.32 bits per heavy atom. The standard InChI is InChI=1S/C18H15BrFN5/c1-23-16-15(12-9-11(19)5-6-14(12)20)13(10-21)18(24-17(16)22)25-7-3-2-4-8-25/h5-6,9H,2-4,7-8H2,(H2,22,24). The smallest absolute Gasteiger partial charge is 0.237 e. The fraction of sp³-hybridized carbons (Fsp3) is 0.278. The Balaban J connectivity index is 2.32. The Morgan fingerprint density at radius 3 is 2.68 bits per heavy atom. The second kappa shape index (κ2) is 7.08. The number of halogens is 2. The maximum absolute atomic E-state index is 14.5. The highest BCUT2D eigenvalue weighted by Gasteiger charge is 2.26. The Morgan fingerprint density at radius 2 is 2.04 bits per heavy atom. The predicted molar refractivity (Wildman–Crippen MR) is 98.8 cm³/mol. The van der Waals surface area contributed by atoms with E-state index in [1.165, 1.54) is 6.07 Å². The Labute approximate surface area is 153 Å². The summed E-state index contributed by atoms with van der Waals surface area (Å²) in [6.45, 7) is 8.96. The lowest BCUT2D eigenvalue weighted by Crippen LogP contribution is -2.31. The monoisotopic (exact) mass is 399 g/mol. The van der Waals surface area contributed by atoms with E-state index in [1.807, 2.05) is 4.90 Å². The molecule has 2 aromatic rings. The van der Waals surface area contributed by atoms with Gasteiger partial charge in [-0.3, -0.25) is 0 Å². The van der Waals surface area contributed by atoms with Gasteiger partial charge in [-0.2, -0.15) is 5.26 Å². The van der Waals surface area contributed by atoms with E-state index in [-0.39, 0.29) is 28.2 Å². The van der Waals surface area contributed by atoms with Crippen molar-refractivity contribution in [2.45, 2.75) is 19.3 Å². The first kappa shape index (κ1) is 17.2. The number of pyridine rings is 1. The summed E-state index contributed by atoms with van der Waals surface area (Å²) in [6, 6.07) is 6.54. The van der Waals surface area contributed by atoms with Crippen molar-refractivity contribution < 1.29 is 4.39 Å². The second-order valence-corrected chi connectivity index (χ2v) is 6.73. The lowest BCUT2D eigenvalue weighted by molar-refractivity contribution is 0.573. The molecule has 0 atom stereocenters. The molecular weight excluding hydrogens is 385 g/mol. The molecule has 1 aliphatic rings. The molecule has 0 amide bonds. The molecule has 3 rings (SSSR count). The molecular formula is C18H15BrFN5. The van der Waals surface area contributed by atoms with E-state index in [2.05, 4.69) is 31.8 Å². The molecule has 25 heavy (non-hydrogen) atoms. The fourth-order valence-corrected chi connectivity index (χ4v) is 3.45. The van der Waals surface area contributed by atoms with Crippen LogP contribution in [0.15, 0.2) is 22.7 Å². The molecule has 0 saturated carbocycles. The van der Waals surface area contributed by atoms with Crippen LogP contribution >= 0.6 is 15.9 Å². The lowest BCUT2D eigenvalue weighted by atomic mass is 9.97. The number of nitrogens with two attached hydrogens (primary N) is 1. The molecule has 0 bridgehead atoms. The topological polar surface area (TPSA) is 70.3 Å². The summed E-state index contributed by atoms with van der Waals surface area (Å²) in [6.07, 6.45) is 3.12. The van der Waals surface area contributed by atoms with Crippen molar-refractivity contribution in [3.63, 3.8) is 0 Å². The van der Waals surface area contributed by atoms with Gasteiger partial charge in [0.05, 0.1) is 12.1 Å². The van der Waals surface area contributed by atoms with Crippen LogP contribution in [0.25, 0.3) is 16.0 Å². The van der Waals surface area contributed by atoms with Crippen molar-refractivity contribution in [2.24, 2.45) is 0 Å². The van der Waals surface area contributed by atoms with E-state index in [1.54, 1.807) is 12.1 Å². The minimum atomic E-state index is -0.514.